The summed E-state index contributed by atoms with van der Waals surface area (Å²) in [5.41, 5.74) is 1.19. The molecule has 5 rings (SSSR count). The molecule has 0 radical (unpaired) electrons. The summed E-state index contributed by atoms with van der Waals surface area (Å²) in [6, 6.07) is 14.3. The second-order valence-electron chi connectivity index (χ2n) is 8.05. The number of imide groups is 2. The average Bonchev–Trinajstić information content (AvgIpc) is 3.23. The Morgan fingerprint density at radius 3 is 1.71 bits per heavy atom. The van der Waals surface area contributed by atoms with Crippen LogP contribution in [0.5, 0.6) is 5.75 Å². The summed E-state index contributed by atoms with van der Waals surface area (Å²) in [7, 11) is 1.37. The van der Waals surface area contributed by atoms with E-state index in [-0.39, 0.29) is 44.8 Å². The van der Waals surface area contributed by atoms with Crippen LogP contribution < -0.4 is 9.64 Å². The molecular weight excluding hydrogens is 452 g/mol. The van der Waals surface area contributed by atoms with E-state index in [1.54, 1.807) is 0 Å². The highest BCUT2D eigenvalue weighted by Gasteiger charge is 2.38. The van der Waals surface area contributed by atoms with Gasteiger partial charge in [-0.15, -0.1) is 0 Å². The molecule has 4 amide bonds. The maximum absolute atomic E-state index is 13.1. The molecule has 9 heteroatoms. The van der Waals surface area contributed by atoms with Gasteiger partial charge in [-0.2, -0.15) is 0 Å². The van der Waals surface area contributed by atoms with Gasteiger partial charge in [0, 0.05) is 25.1 Å². The van der Waals surface area contributed by atoms with Gasteiger partial charge in [0.2, 0.25) is 0 Å². The van der Waals surface area contributed by atoms with E-state index >= 15 is 0 Å². The first-order valence-corrected chi connectivity index (χ1v) is 10.5. The van der Waals surface area contributed by atoms with Gasteiger partial charge in [0.1, 0.15) is 5.75 Å². The van der Waals surface area contributed by atoms with Crippen molar-refractivity contribution in [2.24, 2.45) is 0 Å². The molecule has 0 atom stereocenters. The molecule has 0 saturated heterocycles. The van der Waals surface area contributed by atoms with Crippen molar-refractivity contribution >= 4 is 41.1 Å². The molecule has 0 aliphatic carbocycles. The summed E-state index contributed by atoms with van der Waals surface area (Å²) in [5.74, 6) is -2.77. The molecule has 2 heterocycles. The van der Waals surface area contributed by atoms with E-state index in [4.69, 9.17) is 4.74 Å². The Morgan fingerprint density at radius 1 is 0.657 bits per heavy atom. The van der Waals surface area contributed by atoms with Gasteiger partial charge in [0.05, 0.1) is 27.9 Å². The third-order valence-corrected chi connectivity index (χ3v) is 5.86. The van der Waals surface area contributed by atoms with Crippen molar-refractivity contribution in [1.29, 1.82) is 0 Å². The zero-order valence-electron chi connectivity index (χ0n) is 18.5. The molecule has 3 aromatic rings. The predicted octanol–water partition coefficient (Wildman–Crippen LogP) is 2.87. The van der Waals surface area contributed by atoms with E-state index in [2.05, 4.69) is 0 Å². The van der Waals surface area contributed by atoms with Crippen LogP contribution in [-0.4, -0.2) is 47.3 Å². The lowest BCUT2D eigenvalue weighted by Gasteiger charge is -2.14. The van der Waals surface area contributed by atoms with E-state index in [9.17, 15) is 28.8 Å². The second-order valence-corrected chi connectivity index (χ2v) is 8.05. The van der Waals surface area contributed by atoms with Gasteiger partial charge in [-0.1, -0.05) is 12.1 Å². The average molecular weight is 468 g/mol. The second kappa shape index (κ2) is 7.84. The molecule has 0 bridgehead atoms. The molecule has 35 heavy (non-hydrogen) atoms. The molecule has 0 aromatic heterocycles. The van der Waals surface area contributed by atoms with Crippen molar-refractivity contribution in [3.8, 4) is 5.75 Å². The maximum atomic E-state index is 13.1. The first-order valence-electron chi connectivity index (χ1n) is 10.5. The molecule has 2 aliphatic rings. The number of ketones is 1. The minimum absolute atomic E-state index is 0.0667. The number of nitrogens with zero attached hydrogens (tertiary/aromatic N) is 2. The quantitative estimate of drug-likeness (QED) is 0.250. The van der Waals surface area contributed by atoms with E-state index in [0.29, 0.717) is 0 Å². The van der Waals surface area contributed by atoms with Gasteiger partial charge in [0.25, 0.3) is 23.6 Å². The van der Waals surface area contributed by atoms with Crippen molar-refractivity contribution in [2.45, 2.75) is 6.92 Å². The number of rotatable bonds is 4. The normalized spacial score (nSPS) is 14.3. The number of anilines is 1. The largest absolute Gasteiger partial charge is 0.427 e. The van der Waals surface area contributed by atoms with Gasteiger partial charge in [-0.3, -0.25) is 33.7 Å². The number of benzene rings is 3. The number of amides is 4. The molecular formula is C26H16N2O7. The highest BCUT2D eigenvalue weighted by atomic mass is 16.5. The van der Waals surface area contributed by atoms with Crippen molar-refractivity contribution < 1.29 is 33.5 Å². The summed E-state index contributed by atoms with van der Waals surface area (Å²) in [5, 5.41) is 0. The highest BCUT2D eigenvalue weighted by Crippen LogP contribution is 2.31. The minimum atomic E-state index is -0.601. The smallest absolute Gasteiger partial charge is 0.308 e. The molecule has 0 saturated carbocycles. The number of hydrogen-bond acceptors (Lipinski definition) is 7. The first kappa shape index (κ1) is 21.9. The van der Waals surface area contributed by atoms with Crippen LogP contribution in [0.2, 0.25) is 0 Å². The highest BCUT2D eigenvalue weighted by molar-refractivity contribution is 6.35. The van der Waals surface area contributed by atoms with Gasteiger partial charge in [-0.05, 0) is 48.5 Å². The fourth-order valence-electron chi connectivity index (χ4n) is 4.11. The standard InChI is InChI=1S/C26H16N2O7/c1-13(29)35-17-7-5-16(6-8-17)28-25(33)19-10-4-15(12-21(19)26(28)34)22(30)14-3-9-18-20(11-14)24(32)27(2)23(18)31/h3-12H,1-2H3. The molecule has 0 spiro atoms. The van der Waals surface area contributed by atoms with Crippen LogP contribution in [0, 0.1) is 0 Å². The molecule has 172 valence electrons. The number of fused-ring (bicyclic) bond motifs is 2. The van der Waals surface area contributed by atoms with Crippen molar-refractivity contribution in [2.75, 3.05) is 11.9 Å². The number of hydrogen-bond donors (Lipinski definition) is 0. The summed E-state index contributed by atoms with van der Waals surface area (Å²) < 4.78 is 4.97. The van der Waals surface area contributed by atoms with E-state index in [0.717, 1.165) is 9.80 Å². The fourth-order valence-corrected chi connectivity index (χ4v) is 4.11. The Kier molecular flexibility index (Phi) is 4.91. The topological polar surface area (TPSA) is 118 Å². The number of carbonyl (C=O) groups excluding carboxylic acids is 6. The van der Waals surface area contributed by atoms with Crippen molar-refractivity contribution in [1.82, 2.24) is 4.90 Å². The molecule has 2 aliphatic heterocycles. The number of esters is 1. The third kappa shape index (κ3) is 3.41. The molecule has 0 fully saturated rings. The van der Waals surface area contributed by atoms with E-state index in [1.165, 1.54) is 74.6 Å². The molecule has 0 N–H and O–H groups in total. The Labute approximate surface area is 198 Å². The zero-order valence-corrected chi connectivity index (χ0v) is 18.5. The van der Waals surface area contributed by atoms with E-state index < -0.39 is 35.4 Å². The molecule has 3 aromatic carbocycles. The van der Waals surface area contributed by atoms with Crippen LogP contribution in [0.15, 0.2) is 60.7 Å². The predicted molar refractivity (Wildman–Crippen MR) is 122 cm³/mol. The summed E-state index contributed by atoms with van der Waals surface area (Å²) in [6.45, 7) is 1.26. The lowest BCUT2D eigenvalue weighted by atomic mass is 9.96. The summed E-state index contributed by atoms with van der Waals surface area (Å²) >= 11 is 0. The van der Waals surface area contributed by atoms with Crippen LogP contribution in [0.4, 0.5) is 5.69 Å². The van der Waals surface area contributed by atoms with Crippen LogP contribution in [0.1, 0.15) is 64.3 Å². The number of carbonyl (C=O) groups is 6. The lowest BCUT2D eigenvalue weighted by molar-refractivity contribution is -0.131. The van der Waals surface area contributed by atoms with Crippen LogP contribution in [0.25, 0.3) is 0 Å². The Morgan fingerprint density at radius 2 is 1.14 bits per heavy atom. The lowest BCUT2D eigenvalue weighted by Crippen LogP contribution is -2.29. The monoisotopic (exact) mass is 468 g/mol. The van der Waals surface area contributed by atoms with Gasteiger partial charge >= 0.3 is 5.97 Å². The van der Waals surface area contributed by atoms with Gasteiger partial charge < -0.3 is 4.74 Å². The first-order chi connectivity index (χ1) is 16.7. The molecule has 0 unspecified atom stereocenters. The third-order valence-electron chi connectivity index (χ3n) is 5.86. The van der Waals surface area contributed by atoms with Gasteiger partial charge in [0.15, 0.2) is 5.78 Å². The maximum Gasteiger partial charge on any atom is 0.308 e. The zero-order chi connectivity index (χ0) is 25.0. The molecule has 9 nitrogen and oxygen atoms in total. The van der Waals surface area contributed by atoms with Crippen LogP contribution in [-0.2, 0) is 4.79 Å². The van der Waals surface area contributed by atoms with Crippen LogP contribution in [0.3, 0.4) is 0 Å². The summed E-state index contributed by atoms with van der Waals surface area (Å²) in [4.78, 5) is 76.5. The number of ether oxygens (including phenoxy) is 1. The van der Waals surface area contributed by atoms with Gasteiger partial charge in [-0.25, -0.2) is 4.90 Å². The Hall–Kier alpha value is -4.92. The van der Waals surface area contributed by atoms with Crippen molar-refractivity contribution in [3.63, 3.8) is 0 Å². The SMILES string of the molecule is CC(=O)Oc1ccc(N2C(=O)c3ccc(C(=O)c4ccc5c(c4)C(=O)N(C)C5=O)cc3C2=O)cc1. The fraction of sp³-hybridized carbons (Fsp3) is 0.0769. The van der Waals surface area contributed by atoms with Crippen LogP contribution >= 0.6 is 0 Å². The van der Waals surface area contributed by atoms with Crippen molar-refractivity contribution in [3.05, 3.63) is 94.0 Å². The Bertz CT molecular complexity index is 1500. The van der Waals surface area contributed by atoms with E-state index in [1.807, 2.05) is 0 Å². The minimum Gasteiger partial charge on any atom is -0.427 e. The summed E-state index contributed by atoms with van der Waals surface area (Å²) in [6.07, 6.45) is 0. The Balaban J connectivity index is 1.45.